The first-order valence-electron chi connectivity index (χ1n) is 13.5. The van der Waals surface area contributed by atoms with Crippen LogP contribution in [-0.4, -0.2) is 18.6 Å². The van der Waals surface area contributed by atoms with Crippen LogP contribution in [0.1, 0.15) is 62.5 Å². The third-order valence-electron chi connectivity index (χ3n) is 6.96. The number of hydrogen-bond donors (Lipinski definition) is 1. The maximum absolute atomic E-state index is 13.5. The van der Waals surface area contributed by atoms with Crippen molar-refractivity contribution in [1.82, 2.24) is 0 Å². The van der Waals surface area contributed by atoms with Crippen LogP contribution < -0.4 is 20.4 Å². The Balaban J connectivity index is 1.39. The molecule has 5 rings (SSSR count). The van der Waals surface area contributed by atoms with Crippen LogP contribution in [0.4, 0.5) is 5.69 Å². The van der Waals surface area contributed by atoms with E-state index in [9.17, 15) is 9.59 Å². The van der Waals surface area contributed by atoms with Crippen molar-refractivity contribution < 1.29 is 18.7 Å². The molecule has 0 saturated carbocycles. The van der Waals surface area contributed by atoms with E-state index < -0.39 is 17.6 Å². The van der Waals surface area contributed by atoms with Crippen molar-refractivity contribution in [1.29, 1.82) is 0 Å². The number of para-hydroxylation sites is 2. The zero-order valence-electron chi connectivity index (χ0n) is 21.7. The summed E-state index contributed by atoms with van der Waals surface area (Å²) < 4.78 is 17.8. The molecule has 2 unspecified atom stereocenters. The van der Waals surface area contributed by atoms with E-state index in [0.717, 1.165) is 24.2 Å². The zero-order chi connectivity index (χ0) is 26.3. The van der Waals surface area contributed by atoms with E-state index in [1.165, 1.54) is 25.7 Å². The van der Waals surface area contributed by atoms with Gasteiger partial charge in [-0.25, -0.2) is 4.79 Å². The molecule has 38 heavy (non-hydrogen) atoms. The number of ether oxygens (including phenoxy) is 2. The second-order valence-electron chi connectivity index (χ2n) is 9.69. The van der Waals surface area contributed by atoms with Crippen LogP contribution in [0.15, 0.2) is 88.1 Å². The van der Waals surface area contributed by atoms with Gasteiger partial charge in [-0.05, 0) is 48.4 Å². The van der Waals surface area contributed by atoms with Crippen LogP contribution in [0, 0.1) is 0 Å². The zero-order valence-corrected chi connectivity index (χ0v) is 21.7. The highest BCUT2D eigenvalue weighted by atomic mass is 16.5. The van der Waals surface area contributed by atoms with Gasteiger partial charge in [-0.1, -0.05) is 81.5 Å². The Labute approximate surface area is 222 Å². The molecule has 2 heterocycles. The van der Waals surface area contributed by atoms with Crippen molar-refractivity contribution in [3.8, 4) is 11.5 Å². The molecule has 6 nitrogen and oxygen atoms in total. The molecule has 0 saturated heterocycles. The van der Waals surface area contributed by atoms with Crippen molar-refractivity contribution in [2.45, 2.75) is 57.5 Å². The molecule has 196 valence electrons. The van der Waals surface area contributed by atoms with E-state index in [4.69, 9.17) is 13.9 Å². The van der Waals surface area contributed by atoms with Crippen molar-refractivity contribution in [2.75, 3.05) is 11.9 Å². The van der Waals surface area contributed by atoms with Gasteiger partial charge in [0, 0.05) is 5.69 Å². The van der Waals surface area contributed by atoms with Gasteiger partial charge in [0.25, 0.3) is 5.91 Å². The first-order chi connectivity index (χ1) is 18.7. The lowest BCUT2D eigenvalue weighted by Gasteiger charge is -2.19. The number of unbranched alkanes of at least 4 members (excludes halogenated alkanes) is 5. The van der Waals surface area contributed by atoms with Gasteiger partial charge in [0.05, 0.1) is 23.5 Å². The van der Waals surface area contributed by atoms with E-state index in [-0.39, 0.29) is 5.91 Å². The average molecular weight is 512 g/mol. The number of carbonyl (C=O) groups excluding carboxylic acids is 1. The Kier molecular flexibility index (Phi) is 8.07. The average Bonchev–Trinajstić information content (AvgIpc) is 3.35. The summed E-state index contributed by atoms with van der Waals surface area (Å²) in [5.74, 6) is 0.210. The smallest absolute Gasteiger partial charge is 0.344 e. The minimum Gasteiger partial charge on any atom is -0.494 e. The molecule has 1 amide bonds. The van der Waals surface area contributed by atoms with Gasteiger partial charge < -0.3 is 19.2 Å². The largest absolute Gasteiger partial charge is 0.494 e. The Morgan fingerprint density at radius 3 is 2.37 bits per heavy atom. The number of nitrogens with one attached hydrogen (secondary N) is 1. The van der Waals surface area contributed by atoms with Gasteiger partial charge in [0.2, 0.25) is 0 Å². The van der Waals surface area contributed by atoms with Gasteiger partial charge in [0.15, 0.2) is 6.10 Å². The first kappa shape index (κ1) is 25.6. The van der Waals surface area contributed by atoms with Crippen molar-refractivity contribution in [2.24, 2.45) is 0 Å². The summed E-state index contributed by atoms with van der Waals surface area (Å²) in [6, 6.07) is 24.0. The van der Waals surface area contributed by atoms with Gasteiger partial charge in [-0.2, -0.15) is 0 Å². The van der Waals surface area contributed by atoms with Crippen molar-refractivity contribution >= 4 is 22.6 Å². The van der Waals surface area contributed by atoms with E-state index in [1.807, 2.05) is 66.7 Å². The van der Waals surface area contributed by atoms with Crippen LogP contribution in [0.2, 0.25) is 0 Å². The number of anilines is 1. The Morgan fingerprint density at radius 2 is 1.58 bits per heavy atom. The molecule has 6 heteroatoms. The molecule has 3 aromatic carbocycles. The maximum atomic E-state index is 13.5. The number of amides is 1. The second-order valence-corrected chi connectivity index (χ2v) is 9.69. The van der Waals surface area contributed by atoms with Gasteiger partial charge in [-0.3, -0.25) is 4.79 Å². The highest BCUT2D eigenvalue weighted by Crippen LogP contribution is 2.44. The van der Waals surface area contributed by atoms with Crippen LogP contribution in [0.5, 0.6) is 11.5 Å². The molecular formula is C32H33NO5. The van der Waals surface area contributed by atoms with Crippen molar-refractivity contribution in [3.63, 3.8) is 0 Å². The fourth-order valence-corrected chi connectivity index (χ4v) is 5.00. The van der Waals surface area contributed by atoms with Gasteiger partial charge in [-0.15, -0.1) is 0 Å². The lowest BCUT2D eigenvalue weighted by Crippen LogP contribution is -2.35. The summed E-state index contributed by atoms with van der Waals surface area (Å²) in [5.41, 5.74) is 1.73. The molecule has 1 N–H and O–H groups in total. The van der Waals surface area contributed by atoms with Gasteiger partial charge in [0.1, 0.15) is 17.1 Å². The molecule has 0 aliphatic carbocycles. The molecule has 0 spiro atoms. The minimum atomic E-state index is -0.936. The number of hydrogen-bond acceptors (Lipinski definition) is 5. The molecule has 2 atom stereocenters. The SMILES string of the molecule is CCCCCCCCOc1ccc(C2c3c(c4ccccc4oc3=O)OC2C(=O)Nc2ccccc2)cc1. The van der Waals surface area contributed by atoms with E-state index in [0.29, 0.717) is 34.6 Å². The predicted molar refractivity (Wildman–Crippen MR) is 149 cm³/mol. The Morgan fingerprint density at radius 1 is 0.868 bits per heavy atom. The van der Waals surface area contributed by atoms with E-state index >= 15 is 0 Å². The highest BCUT2D eigenvalue weighted by molar-refractivity contribution is 5.97. The number of rotatable bonds is 11. The van der Waals surface area contributed by atoms with Crippen LogP contribution >= 0.6 is 0 Å². The summed E-state index contributed by atoms with van der Waals surface area (Å²) >= 11 is 0. The molecule has 1 aromatic heterocycles. The summed E-state index contributed by atoms with van der Waals surface area (Å²) in [5, 5.41) is 3.60. The molecule has 0 fully saturated rings. The van der Waals surface area contributed by atoms with E-state index in [2.05, 4.69) is 12.2 Å². The molecule has 0 radical (unpaired) electrons. The summed E-state index contributed by atoms with van der Waals surface area (Å²) in [6.07, 6.45) is 6.29. The second kappa shape index (κ2) is 12.0. The predicted octanol–water partition coefficient (Wildman–Crippen LogP) is 7.06. The molecule has 1 aliphatic rings. The van der Waals surface area contributed by atoms with Crippen LogP contribution in [0.3, 0.4) is 0 Å². The molecular weight excluding hydrogens is 478 g/mol. The lowest BCUT2D eigenvalue weighted by molar-refractivity contribution is -0.122. The topological polar surface area (TPSA) is 77.8 Å². The first-order valence-corrected chi connectivity index (χ1v) is 13.5. The Bertz CT molecular complexity index is 1430. The summed E-state index contributed by atoms with van der Waals surface area (Å²) in [4.78, 5) is 26.6. The lowest BCUT2D eigenvalue weighted by atomic mass is 9.88. The van der Waals surface area contributed by atoms with E-state index in [1.54, 1.807) is 12.1 Å². The quantitative estimate of drug-likeness (QED) is 0.172. The Hall–Kier alpha value is -4.06. The minimum absolute atomic E-state index is 0.329. The molecule has 4 aromatic rings. The number of fused-ring (bicyclic) bond motifs is 3. The standard InChI is InChI=1S/C32H33NO5/c1-2-3-4-5-6-12-21-36-24-19-17-22(18-20-24)27-28-29(25-15-10-11-16-26(25)37-32(28)35)38-30(27)31(34)33-23-13-8-7-9-14-23/h7-11,13-20,27,30H,2-6,12,21H2,1H3,(H,33,34). The molecule has 1 aliphatic heterocycles. The van der Waals surface area contributed by atoms with Crippen LogP contribution in [0.25, 0.3) is 11.0 Å². The normalized spacial score (nSPS) is 16.1. The molecule has 0 bridgehead atoms. The fourth-order valence-electron chi connectivity index (χ4n) is 5.00. The highest BCUT2D eigenvalue weighted by Gasteiger charge is 2.44. The number of carbonyl (C=O) groups is 1. The van der Waals surface area contributed by atoms with Gasteiger partial charge >= 0.3 is 5.63 Å². The number of benzene rings is 3. The summed E-state index contributed by atoms with van der Waals surface area (Å²) in [6.45, 7) is 2.88. The van der Waals surface area contributed by atoms with Crippen molar-refractivity contribution in [3.05, 3.63) is 100 Å². The van der Waals surface area contributed by atoms with Crippen LogP contribution in [-0.2, 0) is 4.79 Å². The third-order valence-corrected chi connectivity index (χ3v) is 6.96. The monoisotopic (exact) mass is 511 g/mol. The fraction of sp³-hybridized carbons (Fsp3) is 0.312. The maximum Gasteiger partial charge on any atom is 0.344 e. The third kappa shape index (κ3) is 5.59. The summed E-state index contributed by atoms with van der Waals surface area (Å²) in [7, 11) is 0.